The Morgan fingerprint density at radius 2 is 2.00 bits per heavy atom. The first-order valence-corrected chi connectivity index (χ1v) is 4.33. The van der Waals surface area contributed by atoms with Crippen molar-refractivity contribution in [1.82, 2.24) is 0 Å². The molecule has 0 aromatic heterocycles. The number of hydrogen-bond acceptors (Lipinski definition) is 5. The third-order valence-electron chi connectivity index (χ3n) is 2.32. The molecule has 0 bridgehead atoms. The molecular weight excluding hydrogens is 176 g/mol. The van der Waals surface area contributed by atoms with E-state index in [1.165, 1.54) is 0 Å². The zero-order valence-electron chi connectivity index (χ0n) is 7.64. The second kappa shape index (κ2) is 2.90. The molecule has 13 heavy (non-hydrogen) atoms. The first kappa shape index (κ1) is 9.36. The van der Waals surface area contributed by atoms with E-state index in [1.807, 2.05) is 0 Å². The topological polar surface area (TPSA) is 68.2 Å². The quantitative estimate of drug-likeness (QED) is 0.524. The van der Waals surface area contributed by atoms with Gasteiger partial charge in [0.05, 0.1) is 6.61 Å². The zero-order chi connectivity index (χ0) is 9.64. The monoisotopic (exact) mass is 190 g/mol. The number of aliphatic hydroxyl groups is 2. The van der Waals surface area contributed by atoms with Crippen molar-refractivity contribution in [2.45, 2.75) is 44.2 Å². The van der Waals surface area contributed by atoms with Crippen LogP contribution < -0.4 is 0 Å². The maximum absolute atomic E-state index is 9.47. The van der Waals surface area contributed by atoms with E-state index in [0.29, 0.717) is 6.61 Å². The van der Waals surface area contributed by atoms with Gasteiger partial charge < -0.3 is 24.4 Å². The van der Waals surface area contributed by atoms with Crippen molar-refractivity contribution in [3.05, 3.63) is 0 Å². The normalized spacial score (nSPS) is 48.9. The molecule has 4 atom stereocenters. The molecule has 1 unspecified atom stereocenters. The Morgan fingerprint density at radius 1 is 1.31 bits per heavy atom. The fourth-order valence-electron chi connectivity index (χ4n) is 1.64. The van der Waals surface area contributed by atoms with E-state index >= 15 is 0 Å². The van der Waals surface area contributed by atoms with E-state index in [4.69, 9.17) is 14.2 Å². The van der Waals surface area contributed by atoms with Gasteiger partial charge in [-0.2, -0.15) is 0 Å². The first-order chi connectivity index (χ1) is 5.99. The van der Waals surface area contributed by atoms with Crippen molar-refractivity contribution in [2.75, 3.05) is 6.61 Å². The number of aliphatic hydroxyl groups excluding tert-OH is 2. The van der Waals surface area contributed by atoms with Gasteiger partial charge in [0.2, 0.25) is 0 Å². The van der Waals surface area contributed by atoms with Crippen LogP contribution in [0.25, 0.3) is 0 Å². The molecule has 0 aromatic rings. The molecule has 0 saturated carbocycles. The van der Waals surface area contributed by atoms with Gasteiger partial charge in [-0.05, 0) is 13.8 Å². The SMILES string of the molecule is CC1(C)OC[C@H]2OC(O)[C@H](O)[C@H]2O1. The fraction of sp³-hybridized carbons (Fsp3) is 1.00. The summed E-state index contributed by atoms with van der Waals surface area (Å²) in [5, 5.41) is 18.7. The van der Waals surface area contributed by atoms with Gasteiger partial charge in [-0.1, -0.05) is 0 Å². The number of rotatable bonds is 0. The van der Waals surface area contributed by atoms with E-state index in [-0.39, 0.29) is 6.10 Å². The van der Waals surface area contributed by atoms with E-state index in [9.17, 15) is 10.2 Å². The molecule has 0 radical (unpaired) electrons. The minimum atomic E-state index is -1.16. The molecule has 76 valence electrons. The minimum Gasteiger partial charge on any atom is -0.385 e. The van der Waals surface area contributed by atoms with Gasteiger partial charge in [-0.25, -0.2) is 0 Å². The molecule has 5 heteroatoms. The van der Waals surface area contributed by atoms with Gasteiger partial charge in [0, 0.05) is 0 Å². The van der Waals surface area contributed by atoms with Crippen LogP contribution in [0.3, 0.4) is 0 Å². The third-order valence-corrected chi connectivity index (χ3v) is 2.32. The number of hydrogen-bond donors (Lipinski definition) is 2. The zero-order valence-corrected chi connectivity index (χ0v) is 7.64. The minimum absolute atomic E-state index is 0.339. The molecule has 2 fully saturated rings. The fourth-order valence-corrected chi connectivity index (χ4v) is 1.64. The second-order valence-corrected chi connectivity index (χ2v) is 3.85. The molecule has 5 nitrogen and oxygen atoms in total. The summed E-state index contributed by atoms with van der Waals surface area (Å²) in [6.45, 7) is 3.87. The largest absolute Gasteiger partial charge is 0.385 e. The van der Waals surface area contributed by atoms with Crippen molar-refractivity contribution in [1.29, 1.82) is 0 Å². The average Bonchev–Trinajstić information content (AvgIpc) is 2.29. The molecular formula is C8H14O5. The lowest BCUT2D eigenvalue weighted by molar-refractivity contribution is -0.300. The van der Waals surface area contributed by atoms with Crippen molar-refractivity contribution in [2.24, 2.45) is 0 Å². The molecule has 2 heterocycles. The molecule has 0 amide bonds. The highest BCUT2D eigenvalue weighted by Gasteiger charge is 2.49. The lowest BCUT2D eigenvalue weighted by Gasteiger charge is -2.37. The van der Waals surface area contributed by atoms with Gasteiger partial charge in [0.15, 0.2) is 12.1 Å². The van der Waals surface area contributed by atoms with Crippen LogP contribution in [0.15, 0.2) is 0 Å². The Morgan fingerprint density at radius 3 is 2.69 bits per heavy atom. The van der Waals surface area contributed by atoms with Crippen LogP contribution in [0, 0.1) is 0 Å². The highest BCUT2D eigenvalue weighted by atomic mass is 16.8. The first-order valence-electron chi connectivity index (χ1n) is 4.33. The van der Waals surface area contributed by atoms with Crippen LogP contribution in [0.1, 0.15) is 13.8 Å². The van der Waals surface area contributed by atoms with Crippen LogP contribution in [-0.4, -0.2) is 47.2 Å². The average molecular weight is 190 g/mol. The Balaban J connectivity index is 2.09. The molecule has 2 rings (SSSR count). The smallest absolute Gasteiger partial charge is 0.184 e. The number of ether oxygens (including phenoxy) is 3. The molecule has 0 spiro atoms. The summed E-state index contributed by atoms with van der Waals surface area (Å²) in [7, 11) is 0. The highest BCUT2D eigenvalue weighted by Crippen LogP contribution is 2.32. The van der Waals surface area contributed by atoms with E-state index in [0.717, 1.165) is 0 Å². The van der Waals surface area contributed by atoms with Gasteiger partial charge in [0.1, 0.15) is 18.3 Å². The van der Waals surface area contributed by atoms with Crippen molar-refractivity contribution in [3.8, 4) is 0 Å². The van der Waals surface area contributed by atoms with Gasteiger partial charge in [-0.15, -0.1) is 0 Å². The summed E-state index contributed by atoms with van der Waals surface area (Å²) < 4.78 is 15.8. The van der Waals surface area contributed by atoms with Crippen LogP contribution in [0.5, 0.6) is 0 Å². The Labute approximate surface area is 76.2 Å². The van der Waals surface area contributed by atoms with E-state index < -0.39 is 24.3 Å². The van der Waals surface area contributed by atoms with Crippen molar-refractivity contribution >= 4 is 0 Å². The second-order valence-electron chi connectivity index (χ2n) is 3.85. The van der Waals surface area contributed by atoms with Crippen LogP contribution >= 0.6 is 0 Å². The molecule has 0 aliphatic carbocycles. The molecule has 2 N–H and O–H groups in total. The maximum atomic E-state index is 9.47. The van der Waals surface area contributed by atoms with Gasteiger partial charge in [0.25, 0.3) is 0 Å². The van der Waals surface area contributed by atoms with Gasteiger partial charge >= 0.3 is 0 Å². The molecule has 2 aliphatic heterocycles. The van der Waals surface area contributed by atoms with Gasteiger partial charge in [-0.3, -0.25) is 0 Å². The van der Waals surface area contributed by atoms with Crippen molar-refractivity contribution in [3.63, 3.8) is 0 Å². The standard InChI is InChI=1S/C8H14O5/c1-8(2)11-3-4-6(13-8)5(9)7(10)12-4/h4-7,9-10H,3H2,1-2H3/t4-,5-,6+,7?/m1/s1. The predicted molar refractivity (Wildman–Crippen MR) is 41.8 cm³/mol. The molecule has 2 saturated heterocycles. The Kier molecular flexibility index (Phi) is 2.08. The number of fused-ring (bicyclic) bond motifs is 1. The summed E-state index contributed by atoms with van der Waals surface area (Å²) in [5.74, 6) is -0.713. The Bertz CT molecular complexity index is 205. The summed E-state index contributed by atoms with van der Waals surface area (Å²) >= 11 is 0. The lowest BCUT2D eigenvalue weighted by Crippen LogP contribution is -2.50. The summed E-state index contributed by atoms with van der Waals surface area (Å²) in [4.78, 5) is 0. The van der Waals surface area contributed by atoms with E-state index in [2.05, 4.69) is 0 Å². The van der Waals surface area contributed by atoms with Crippen LogP contribution in [0.2, 0.25) is 0 Å². The third kappa shape index (κ3) is 1.58. The highest BCUT2D eigenvalue weighted by molar-refractivity contribution is 4.90. The predicted octanol–water partition coefficient (Wildman–Crippen LogP) is -0.784. The van der Waals surface area contributed by atoms with Crippen LogP contribution in [-0.2, 0) is 14.2 Å². The van der Waals surface area contributed by atoms with E-state index in [1.54, 1.807) is 13.8 Å². The summed E-state index contributed by atoms with van der Waals surface area (Å²) in [6.07, 6.45) is -2.99. The summed E-state index contributed by atoms with van der Waals surface area (Å²) in [5.41, 5.74) is 0. The molecule has 0 aromatic carbocycles. The lowest BCUT2D eigenvalue weighted by atomic mass is 10.1. The van der Waals surface area contributed by atoms with Crippen LogP contribution in [0.4, 0.5) is 0 Å². The van der Waals surface area contributed by atoms with Crippen molar-refractivity contribution < 1.29 is 24.4 Å². The Hall–Kier alpha value is -0.200. The molecule has 2 aliphatic rings. The maximum Gasteiger partial charge on any atom is 0.184 e. The summed E-state index contributed by atoms with van der Waals surface area (Å²) in [6, 6.07) is 0.